The van der Waals surface area contributed by atoms with Gasteiger partial charge in [0, 0.05) is 28.2 Å². The number of nitrogens with one attached hydrogen (secondary N) is 1. The Labute approximate surface area is 99.7 Å². The lowest BCUT2D eigenvalue weighted by atomic mass is 9.91. The first kappa shape index (κ1) is 10.5. The molecule has 1 aromatic carbocycles. The highest BCUT2D eigenvalue weighted by Gasteiger charge is 2.20. The van der Waals surface area contributed by atoms with Crippen LogP contribution in [0.2, 0.25) is 0 Å². The molecule has 0 radical (unpaired) electrons. The number of pyridine rings is 1. The molecule has 0 saturated carbocycles. The SMILES string of the molecule is Cc1ccc2[nH]c3c(c(=O)c2c1)C[C@H](N)CC3. The summed E-state index contributed by atoms with van der Waals surface area (Å²) < 4.78 is 0. The van der Waals surface area contributed by atoms with Crippen LogP contribution < -0.4 is 11.2 Å². The second-order valence-electron chi connectivity index (χ2n) is 4.96. The van der Waals surface area contributed by atoms with Crippen molar-refractivity contribution in [3.63, 3.8) is 0 Å². The summed E-state index contributed by atoms with van der Waals surface area (Å²) in [4.78, 5) is 15.8. The van der Waals surface area contributed by atoms with Gasteiger partial charge in [-0.2, -0.15) is 0 Å². The van der Waals surface area contributed by atoms with Gasteiger partial charge in [0.05, 0.1) is 0 Å². The van der Waals surface area contributed by atoms with E-state index in [2.05, 4.69) is 4.98 Å². The number of benzene rings is 1. The second-order valence-corrected chi connectivity index (χ2v) is 4.96. The molecule has 1 aliphatic rings. The first-order valence-electron chi connectivity index (χ1n) is 6.05. The fourth-order valence-electron chi connectivity index (χ4n) is 2.62. The van der Waals surface area contributed by atoms with Gasteiger partial charge in [0.2, 0.25) is 0 Å². The zero-order chi connectivity index (χ0) is 12.0. The number of rotatable bonds is 0. The van der Waals surface area contributed by atoms with Crippen LogP contribution in [-0.4, -0.2) is 11.0 Å². The van der Waals surface area contributed by atoms with Crippen LogP contribution in [0.15, 0.2) is 23.0 Å². The second kappa shape index (κ2) is 3.70. The molecule has 0 bridgehead atoms. The highest BCUT2D eigenvalue weighted by Crippen LogP contribution is 2.20. The summed E-state index contributed by atoms with van der Waals surface area (Å²) in [7, 11) is 0. The molecule has 1 aromatic heterocycles. The van der Waals surface area contributed by atoms with Crippen molar-refractivity contribution in [3.05, 3.63) is 45.2 Å². The van der Waals surface area contributed by atoms with Gasteiger partial charge in [-0.3, -0.25) is 4.79 Å². The van der Waals surface area contributed by atoms with E-state index in [1.54, 1.807) is 0 Å². The molecule has 0 fully saturated rings. The lowest BCUT2D eigenvalue weighted by Crippen LogP contribution is -2.32. The lowest BCUT2D eigenvalue weighted by Gasteiger charge is -2.21. The summed E-state index contributed by atoms with van der Waals surface area (Å²) in [6, 6.07) is 6.10. The van der Waals surface area contributed by atoms with E-state index in [4.69, 9.17) is 5.73 Å². The fourth-order valence-corrected chi connectivity index (χ4v) is 2.62. The molecule has 3 heteroatoms. The van der Waals surface area contributed by atoms with Gasteiger partial charge in [0.1, 0.15) is 0 Å². The normalized spacial score (nSPS) is 19.3. The van der Waals surface area contributed by atoms with Crippen molar-refractivity contribution in [1.29, 1.82) is 0 Å². The first-order chi connectivity index (χ1) is 8.15. The molecular weight excluding hydrogens is 212 g/mol. The fraction of sp³-hybridized carbons (Fsp3) is 0.357. The van der Waals surface area contributed by atoms with Crippen molar-refractivity contribution < 1.29 is 0 Å². The third-order valence-corrected chi connectivity index (χ3v) is 3.58. The highest BCUT2D eigenvalue weighted by atomic mass is 16.1. The van der Waals surface area contributed by atoms with Crippen LogP contribution in [0, 0.1) is 6.92 Å². The van der Waals surface area contributed by atoms with Crippen molar-refractivity contribution in [2.24, 2.45) is 5.73 Å². The van der Waals surface area contributed by atoms with E-state index < -0.39 is 0 Å². The monoisotopic (exact) mass is 228 g/mol. The molecule has 0 unspecified atom stereocenters. The van der Waals surface area contributed by atoms with Crippen molar-refractivity contribution >= 4 is 10.9 Å². The molecule has 1 aliphatic carbocycles. The average molecular weight is 228 g/mol. The highest BCUT2D eigenvalue weighted by molar-refractivity contribution is 5.80. The molecule has 0 spiro atoms. The molecule has 3 rings (SSSR count). The average Bonchev–Trinajstić information content (AvgIpc) is 2.32. The Morgan fingerprint density at radius 1 is 1.41 bits per heavy atom. The smallest absolute Gasteiger partial charge is 0.192 e. The predicted molar refractivity (Wildman–Crippen MR) is 69.3 cm³/mol. The van der Waals surface area contributed by atoms with Gasteiger partial charge in [-0.05, 0) is 38.3 Å². The number of fused-ring (bicyclic) bond motifs is 2. The van der Waals surface area contributed by atoms with Crippen molar-refractivity contribution in [2.45, 2.75) is 32.2 Å². The van der Waals surface area contributed by atoms with Gasteiger partial charge in [0.15, 0.2) is 5.43 Å². The quantitative estimate of drug-likeness (QED) is 0.720. The van der Waals surface area contributed by atoms with Crippen molar-refractivity contribution in [2.75, 3.05) is 0 Å². The number of aromatic amines is 1. The standard InChI is InChI=1S/C14H16N2O/c1-8-2-4-12-10(6-8)14(17)11-7-9(15)3-5-13(11)16-12/h2,4,6,9H,3,5,7,15H2,1H3,(H,16,17)/t9-/m1/s1. The molecule has 0 aliphatic heterocycles. The Morgan fingerprint density at radius 3 is 3.06 bits per heavy atom. The van der Waals surface area contributed by atoms with Crippen LogP contribution in [0.1, 0.15) is 23.2 Å². The van der Waals surface area contributed by atoms with E-state index in [1.165, 1.54) is 0 Å². The van der Waals surface area contributed by atoms with E-state index in [-0.39, 0.29) is 11.5 Å². The third kappa shape index (κ3) is 1.67. The van der Waals surface area contributed by atoms with Gasteiger partial charge in [-0.15, -0.1) is 0 Å². The van der Waals surface area contributed by atoms with Crippen LogP contribution in [0.5, 0.6) is 0 Å². The van der Waals surface area contributed by atoms with E-state index >= 15 is 0 Å². The molecule has 1 heterocycles. The zero-order valence-electron chi connectivity index (χ0n) is 9.92. The predicted octanol–water partition coefficient (Wildman–Crippen LogP) is 1.65. The van der Waals surface area contributed by atoms with Crippen LogP contribution in [-0.2, 0) is 12.8 Å². The van der Waals surface area contributed by atoms with Gasteiger partial charge < -0.3 is 10.7 Å². The van der Waals surface area contributed by atoms with Crippen molar-refractivity contribution in [1.82, 2.24) is 4.98 Å². The first-order valence-corrected chi connectivity index (χ1v) is 6.05. The number of aromatic nitrogens is 1. The minimum Gasteiger partial charge on any atom is -0.358 e. The molecule has 2 aromatic rings. The summed E-state index contributed by atoms with van der Waals surface area (Å²) in [5.41, 5.74) is 10.1. The van der Waals surface area contributed by atoms with Crippen LogP contribution in [0.4, 0.5) is 0 Å². The molecule has 88 valence electrons. The summed E-state index contributed by atoms with van der Waals surface area (Å²) in [6.07, 6.45) is 2.55. The Balaban J connectivity index is 2.33. The minimum atomic E-state index is 0.130. The molecule has 3 nitrogen and oxygen atoms in total. The van der Waals surface area contributed by atoms with Gasteiger partial charge in [0.25, 0.3) is 0 Å². The van der Waals surface area contributed by atoms with Gasteiger partial charge in [-0.1, -0.05) is 11.6 Å². The van der Waals surface area contributed by atoms with Crippen LogP contribution >= 0.6 is 0 Å². The number of hydrogen-bond acceptors (Lipinski definition) is 2. The molecule has 0 amide bonds. The summed E-state index contributed by atoms with van der Waals surface area (Å²) in [5, 5.41) is 0.790. The number of nitrogens with two attached hydrogens (primary N) is 1. The topological polar surface area (TPSA) is 58.9 Å². The maximum atomic E-state index is 12.4. The lowest BCUT2D eigenvalue weighted by molar-refractivity contribution is 0.566. The van der Waals surface area contributed by atoms with E-state index in [0.29, 0.717) is 6.42 Å². The van der Waals surface area contributed by atoms with E-state index in [1.807, 2.05) is 25.1 Å². The number of aryl methyl sites for hydroxylation is 2. The number of H-pyrrole nitrogens is 1. The van der Waals surface area contributed by atoms with Crippen LogP contribution in [0.3, 0.4) is 0 Å². The van der Waals surface area contributed by atoms with E-state index in [0.717, 1.165) is 40.6 Å². The Kier molecular flexibility index (Phi) is 2.30. The molecular formula is C14H16N2O. The molecule has 17 heavy (non-hydrogen) atoms. The van der Waals surface area contributed by atoms with E-state index in [9.17, 15) is 4.79 Å². The summed E-state index contributed by atoms with van der Waals surface area (Å²) in [5.74, 6) is 0. The Morgan fingerprint density at radius 2 is 2.24 bits per heavy atom. The number of hydrogen-bond donors (Lipinski definition) is 2. The third-order valence-electron chi connectivity index (χ3n) is 3.58. The van der Waals surface area contributed by atoms with Crippen molar-refractivity contribution in [3.8, 4) is 0 Å². The zero-order valence-corrected chi connectivity index (χ0v) is 9.92. The van der Waals surface area contributed by atoms with Gasteiger partial charge in [-0.25, -0.2) is 0 Å². The Hall–Kier alpha value is -1.61. The Bertz CT molecular complexity index is 642. The minimum absolute atomic E-state index is 0.130. The molecule has 1 atom stereocenters. The summed E-state index contributed by atoms with van der Waals surface area (Å²) in [6.45, 7) is 2.00. The van der Waals surface area contributed by atoms with Crippen LogP contribution in [0.25, 0.3) is 10.9 Å². The maximum absolute atomic E-state index is 12.4. The molecule has 0 saturated heterocycles. The largest absolute Gasteiger partial charge is 0.358 e. The summed E-state index contributed by atoms with van der Waals surface area (Å²) >= 11 is 0. The molecule has 3 N–H and O–H groups in total. The van der Waals surface area contributed by atoms with Gasteiger partial charge >= 0.3 is 0 Å². The maximum Gasteiger partial charge on any atom is 0.192 e.